The number of nitrogens with two attached hydrogens (primary N) is 1. The monoisotopic (exact) mass is 286 g/mol. The van der Waals surface area contributed by atoms with Crippen LogP contribution >= 0.6 is 0 Å². The lowest BCUT2D eigenvalue weighted by atomic mass is 9.76. The number of carbonyl (C=O) groups excluding carboxylic acids is 1. The number of benzene rings is 1. The second-order valence-corrected chi connectivity index (χ2v) is 7.03. The molecule has 0 radical (unpaired) electrons. The molecule has 3 heteroatoms. The van der Waals surface area contributed by atoms with E-state index in [1.807, 2.05) is 18.2 Å². The summed E-state index contributed by atoms with van der Waals surface area (Å²) in [6.45, 7) is 2.82. The lowest BCUT2D eigenvalue weighted by Crippen LogP contribution is -2.56. The minimum atomic E-state index is -0.154. The fraction of sp³-hybridized carbons (Fsp3) is 0.611. The lowest BCUT2D eigenvalue weighted by molar-refractivity contribution is -0.124. The van der Waals surface area contributed by atoms with Gasteiger partial charge in [0.1, 0.15) is 0 Å². The zero-order valence-corrected chi connectivity index (χ0v) is 12.8. The highest BCUT2D eigenvalue weighted by Gasteiger charge is 2.46. The van der Waals surface area contributed by atoms with Crippen LogP contribution in [0.4, 0.5) is 0 Å². The first kappa shape index (κ1) is 14.6. The Labute approximate surface area is 127 Å². The van der Waals surface area contributed by atoms with Crippen molar-refractivity contribution in [1.29, 1.82) is 0 Å². The number of carbonyl (C=O) groups is 1. The molecule has 21 heavy (non-hydrogen) atoms. The van der Waals surface area contributed by atoms with Gasteiger partial charge < -0.3 is 11.1 Å². The summed E-state index contributed by atoms with van der Waals surface area (Å²) in [5.74, 6) is 1.42. The topological polar surface area (TPSA) is 55.1 Å². The molecule has 2 aliphatic carbocycles. The van der Waals surface area contributed by atoms with Crippen LogP contribution in [0.25, 0.3) is 0 Å². The summed E-state index contributed by atoms with van der Waals surface area (Å²) in [5, 5.41) is 3.31. The van der Waals surface area contributed by atoms with E-state index in [9.17, 15) is 4.79 Å². The third-order valence-electron chi connectivity index (χ3n) is 5.23. The predicted molar refractivity (Wildman–Crippen MR) is 84.9 cm³/mol. The second kappa shape index (κ2) is 5.80. The van der Waals surface area contributed by atoms with Crippen LogP contribution in [-0.2, 0) is 4.79 Å². The first-order valence-corrected chi connectivity index (χ1v) is 8.20. The van der Waals surface area contributed by atoms with E-state index in [1.165, 1.54) is 18.4 Å². The summed E-state index contributed by atoms with van der Waals surface area (Å²) in [7, 11) is 0. The van der Waals surface area contributed by atoms with Crippen molar-refractivity contribution in [3.63, 3.8) is 0 Å². The lowest BCUT2D eigenvalue weighted by Gasteiger charge is -2.40. The summed E-state index contributed by atoms with van der Waals surface area (Å²) in [4.78, 5) is 12.6. The quantitative estimate of drug-likeness (QED) is 0.894. The molecule has 2 saturated carbocycles. The molecule has 3 nitrogen and oxygen atoms in total. The molecule has 3 N–H and O–H groups in total. The molecule has 0 spiro atoms. The van der Waals surface area contributed by atoms with E-state index < -0.39 is 0 Å². The van der Waals surface area contributed by atoms with E-state index in [0.29, 0.717) is 18.4 Å². The van der Waals surface area contributed by atoms with Crippen molar-refractivity contribution < 1.29 is 4.79 Å². The Morgan fingerprint density at radius 2 is 2.14 bits per heavy atom. The highest BCUT2D eigenvalue weighted by Crippen LogP contribution is 2.48. The smallest absolute Gasteiger partial charge is 0.224 e. The van der Waals surface area contributed by atoms with Gasteiger partial charge in [-0.15, -0.1) is 0 Å². The molecular formula is C18H26N2O. The first-order valence-electron chi connectivity index (χ1n) is 8.20. The molecule has 0 aromatic heterocycles. The molecule has 2 aliphatic rings. The van der Waals surface area contributed by atoms with Gasteiger partial charge in [0, 0.05) is 12.5 Å². The van der Waals surface area contributed by atoms with Gasteiger partial charge in [0.25, 0.3) is 0 Å². The minimum absolute atomic E-state index is 0.146. The van der Waals surface area contributed by atoms with E-state index in [0.717, 1.165) is 19.3 Å². The molecule has 2 fully saturated rings. The minimum Gasteiger partial charge on any atom is -0.349 e. The first-order chi connectivity index (χ1) is 10.1. The molecule has 1 aromatic rings. The third-order valence-corrected chi connectivity index (χ3v) is 5.23. The van der Waals surface area contributed by atoms with Crippen molar-refractivity contribution in [1.82, 2.24) is 5.32 Å². The van der Waals surface area contributed by atoms with Crippen molar-refractivity contribution >= 4 is 5.91 Å². The van der Waals surface area contributed by atoms with Crippen LogP contribution in [0.2, 0.25) is 0 Å². The number of rotatable bonds is 4. The molecule has 0 heterocycles. The molecule has 1 amide bonds. The van der Waals surface area contributed by atoms with Gasteiger partial charge in [0.15, 0.2) is 0 Å². The van der Waals surface area contributed by atoms with Crippen molar-refractivity contribution in [3.8, 4) is 0 Å². The van der Waals surface area contributed by atoms with Gasteiger partial charge in [-0.05, 0) is 36.7 Å². The average molecular weight is 286 g/mol. The van der Waals surface area contributed by atoms with Crippen LogP contribution in [0.3, 0.4) is 0 Å². The summed E-state index contributed by atoms with van der Waals surface area (Å²) in [5.41, 5.74) is 7.13. The van der Waals surface area contributed by atoms with Crippen LogP contribution in [0.1, 0.15) is 50.5 Å². The highest BCUT2D eigenvalue weighted by atomic mass is 16.2. The molecule has 0 aliphatic heterocycles. The van der Waals surface area contributed by atoms with E-state index in [-0.39, 0.29) is 17.4 Å². The average Bonchev–Trinajstić information content (AvgIpc) is 3.29. The van der Waals surface area contributed by atoms with E-state index in [2.05, 4.69) is 24.4 Å². The van der Waals surface area contributed by atoms with Gasteiger partial charge in [-0.1, -0.05) is 50.1 Å². The molecular weight excluding hydrogens is 260 g/mol. The maximum atomic E-state index is 12.6. The molecule has 1 aromatic carbocycles. The Morgan fingerprint density at radius 1 is 1.38 bits per heavy atom. The van der Waals surface area contributed by atoms with Crippen LogP contribution in [0.5, 0.6) is 0 Å². The van der Waals surface area contributed by atoms with Crippen LogP contribution < -0.4 is 11.1 Å². The normalized spacial score (nSPS) is 35.2. The van der Waals surface area contributed by atoms with E-state index in [1.54, 1.807) is 0 Å². The third kappa shape index (κ3) is 3.13. The SMILES string of the molecule is CC1CCCC(CN)(NC(=O)C2CC2c2ccccc2)C1. The highest BCUT2D eigenvalue weighted by molar-refractivity contribution is 5.83. The zero-order chi connectivity index (χ0) is 14.9. The van der Waals surface area contributed by atoms with E-state index >= 15 is 0 Å². The molecule has 0 saturated heterocycles. The summed E-state index contributed by atoms with van der Waals surface area (Å²) >= 11 is 0. The standard InChI is InChI=1S/C18H26N2O/c1-13-6-5-9-18(11-13,12-19)20-17(21)16-10-15(16)14-7-3-2-4-8-14/h2-4,7-8,13,15-16H,5-6,9-12,19H2,1H3,(H,20,21). The van der Waals surface area contributed by atoms with Crippen LogP contribution in [0.15, 0.2) is 30.3 Å². The molecule has 3 rings (SSSR count). The van der Waals surface area contributed by atoms with Gasteiger partial charge in [0.2, 0.25) is 5.91 Å². The Balaban J connectivity index is 1.62. The Kier molecular flexibility index (Phi) is 4.03. The van der Waals surface area contributed by atoms with Crippen molar-refractivity contribution in [2.45, 2.75) is 50.5 Å². The van der Waals surface area contributed by atoms with Crippen LogP contribution in [0, 0.1) is 11.8 Å². The molecule has 0 bridgehead atoms. The maximum Gasteiger partial charge on any atom is 0.224 e. The Morgan fingerprint density at radius 3 is 2.81 bits per heavy atom. The second-order valence-electron chi connectivity index (χ2n) is 7.03. The largest absolute Gasteiger partial charge is 0.349 e. The molecule has 4 atom stereocenters. The number of amides is 1. The fourth-order valence-corrected chi connectivity index (χ4v) is 3.92. The summed E-state index contributed by atoms with van der Waals surface area (Å²) in [6.07, 6.45) is 5.46. The molecule has 114 valence electrons. The van der Waals surface area contributed by atoms with Gasteiger partial charge >= 0.3 is 0 Å². The van der Waals surface area contributed by atoms with Gasteiger partial charge in [-0.25, -0.2) is 0 Å². The number of nitrogens with one attached hydrogen (secondary N) is 1. The molecule has 4 unspecified atom stereocenters. The zero-order valence-electron chi connectivity index (χ0n) is 12.8. The fourth-order valence-electron chi connectivity index (χ4n) is 3.92. The number of hydrogen-bond acceptors (Lipinski definition) is 2. The Bertz CT molecular complexity index is 501. The van der Waals surface area contributed by atoms with Gasteiger partial charge in [0.05, 0.1) is 5.54 Å². The maximum absolute atomic E-state index is 12.6. The summed E-state index contributed by atoms with van der Waals surface area (Å²) < 4.78 is 0. The van der Waals surface area contributed by atoms with Crippen molar-refractivity contribution in [2.75, 3.05) is 6.54 Å². The predicted octanol–water partition coefficient (Wildman–Crippen LogP) is 2.81. The number of hydrogen-bond donors (Lipinski definition) is 2. The Hall–Kier alpha value is -1.35. The van der Waals surface area contributed by atoms with Crippen molar-refractivity contribution in [2.24, 2.45) is 17.6 Å². The van der Waals surface area contributed by atoms with Gasteiger partial charge in [-0.2, -0.15) is 0 Å². The van der Waals surface area contributed by atoms with Gasteiger partial charge in [-0.3, -0.25) is 4.79 Å². The van der Waals surface area contributed by atoms with Crippen molar-refractivity contribution in [3.05, 3.63) is 35.9 Å². The van der Waals surface area contributed by atoms with E-state index in [4.69, 9.17) is 5.73 Å². The summed E-state index contributed by atoms with van der Waals surface area (Å²) in [6, 6.07) is 10.4. The van der Waals surface area contributed by atoms with Crippen LogP contribution in [-0.4, -0.2) is 18.0 Å².